The Balaban J connectivity index is 2.15. The molecular weight excluding hydrogens is 295 g/mol. The molecule has 118 valence electrons. The van der Waals surface area contributed by atoms with Crippen LogP contribution in [0.25, 0.3) is 0 Å². The van der Waals surface area contributed by atoms with E-state index in [1.165, 1.54) is 4.90 Å². The second-order valence-electron chi connectivity index (χ2n) is 5.27. The highest BCUT2D eigenvalue weighted by Gasteiger charge is 2.50. The van der Waals surface area contributed by atoms with Gasteiger partial charge in [0.25, 0.3) is 5.92 Å². The zero-order valence-corrected chi connectivity index (χ0v) is 11.5. The molecule has 0 aliphatic carbocycles. The predicted octanol–water partition coefficient (Wildman–Crippen LogP) is 3.21. The molecule has 3 nitrogen and oxygen atoms in total. The number of hydrogen-bond donors (Lipinski definition) is 0. The molecule has 8 heteroatoms. The summed E-state index contributed by atoms with van der Waals surface area (Å²) in [5.74, 6) is -3.36. The van der Waals surface area contributed by atoms with Crippen LogP contribution in [0.3, 0.4) is 0 Å². The number of hydrogen-bond acceptors (Lipinski definition) is 3. The molecule has 0 radical (unpaired) electrons. The minimum absolute atomic E-state index is 0.0334. The minimum Gasteiger partial charge on any atom is -0.483 e. The summed E-state index contributed by atoms with van der Waals surface area (Å²) < 4.78 is 70.3. The lowest BCUT2D eigenvalue weighted by atomic mass is 10.2. The van der Waals surface area contributed by atoms with E-state index in [-0.39, 0.29) is 18.3 Å². The van der Waals surface area contributed by atoms with Crippen LogP contribution in [0.4, 0.5) is 22.0 Å². The van der Waals surface area contributed by atoms with Gasteiger partial charge in [0.15, 0.2) is 6.10 Å². The number of ether oxygens (including phenoxy) is 1. The first kappa shape index (κ1) is 15.9. The SMILES string of the molecule is CC(C)N1C[C@H](Oc2ccnc(C(F)(F)F)c2)C(F)(F)C1. The van der Waals surface area contributed by atoms with Gasteiger partial charge in [-0.15, -0.1) is 0 Å². The number of pyridine rings is 1. The highest BCUT2D eigenvalue weighted by molar-refractivity contribution is 5.25. The van der Waals surface area contributed by atoms with Gasteiger partial charge in [-0.05, 0) is 19.9 Å². The Kier molecular flexibility index (Phi) is 4.10. The second-order valence-corrected chi connectivity index (χ2v) is 5.27. The molecule has 0 aromatic carbocycles. The molecule has 2 rings (SSSR count). The summed E-state index contributed by atoms with van der Waals surface area (Å²) in [5.41, 5.74) is -1.16. The number of alkyl halides is 5. The van der Waals surface area contributed by atoms with Crippen LogP contribution in [0, 0.1) is 0 Å². The number of likely N-dealkylation sites (tertiary alicyclic amines) is 1. The fourth-order valence-electron chi connectivity index (χ4n) is 2.10. The normalized spacial score (nSPS) is 22.8. The van der Waals surface area contributed by atoms with Crippen LogP contribution < -0.4 is 4.74 Å². The molecule has 1 saturated heterocycles. The van der Waals surface area contributed by atoms with Crippen molar-refractivity contribution >= 4 is 0 Å². The van der Waals surface area contributed by atoms with Crippen molar-refractivity contribution in [2.45, 2.75) is 38.1 Å². The molecule has 2 heterocycles. The maximum atomic E-state index is 13.8. The summed E-state index contributed by atoms with van der Waals surface area (Å²) in [4.78, 5) is 4.69. The van der Waals surface area contributed by atoms with Gasteiger partial charge in [-0.3, -0.25) is 9.88 Å². The first-order chi connectivity index (χ1) is 9.59. The Labute approximate surface area is 118 Å². The van der Waals surface area contributed by atoms with Gasteiger partial charge in [0, 0.05) is 24.8 Å². The first-order valence-corrected chi connectivity index (χ1v) is 6.41. The number of halogens is 5. The molecule has 1 aliphatic rings. The molecule has 0 N–H and O–H groups in total. The van der Waals surface area contributed by atoms with Crippen LogP contribution in [0.15, 0.2) is 18.3 Å². The topological polar surface area (TPSA) is 25.4 Å². The van der Waals surface area contributed by atoms with Crippen molar-refractivity contribution in [2.75, 3.05) is 13.1 Å². The maximum Gasteiger partial charge on any atom is 0.433 e. The zero-order valence-electron chi connectivity index (χ0n) is 11.5. The predicted molar refractivity (Wildman–Crippen MR) is 65.3 cm³/mol. The largest absolute Gasteiger partial charge is 0.483 e. The average Bonchev–Trinajstić information content (AvgIpc) is 2.65. The lowest BCUT2D eigenvalue weighted by Gasteiger charge is -2.20. The summed E-state index contributed by atoms with van der Waals surface area (Å²) in [5, 5.41) is 0. The van der Waals surface area contributed by atoms with Crippen molar-refractivity contribution in [1.82, 2.24) is 9.88 Å². The highest BCUT2D eigenvalue weighted by Crippen LogP contribution is 2.34. The second kappa shape index (κ2) is 5.40. The maximum absolute atomic E-state index is 13.8. The number of aromatic nitrogens is 1. The molecule has 1 atom stereocenters. The Hall–Kier alpha value is -1.44. The third-order valence-electron chi connectivity index (χ3n) is 3.32. The molecule has 0 saturated carbocycles. The number of rotatable bonds is 3. The molecule has 1 fully saturated rings. The molecule has 0 unspecified atom stereocenters. The lowest BCUT2D eigenvalue weighted by Crippen LogP contribution is -2.36. The van der Waals surface area contributed by atoms with Gasteiger partial charge in [-0.2, -0.15) is 13.2 Å². The molecule has 1 aromatic heterocycles. The zero-order chi connectivity index (χ0) is 15.8. The van der Waals surface area contributed by atoms with Crippen molar-refractivity contribution in [3.63, 3.8) is 0 Å². The van der Waals surface area contributed by atoms with E-state index in [0.29, 0.717) is 6.07 Å². The van der Waals surface area contributed by atoms with Gasteiger partial charge in [-0.25, -0.2) is 8.78 Å². The summed E-state index contributed by atoms with van der Waals surface area (Å²) >= 11 is 0. The van der Waals surface area contributed by atoms with E-state index in [1.54, 1.807) is 13.8 Å². The van der Waals surface area contributed by atoms with Crippen LogP contribution in [0.2, 0.25) is 0 Å². The van der Waals surface area contributed by atoms with E-state index in [9.17, 15) is 22.0 Å². The molecule has 0 bridgehead atoms. The van der Waals surface area contributed by atoms with Gasteiger partial charge in [-0.1, -0.05) is 0 Å². The first-order valence-electron chi connectivity index (χ1n) is 6.41. The van der Waals surface area contributed by atoms with Crippen molar-refractivity contribution in [3.8, 4) is 5.75 Å². The van der Waals surface area contributed by atoms with Crippen molar-refractivity contribution in [1.29, 1.82) is 0 Å². The van der Waals surface area contributed by atoms with Gasteiger partial charge >= 0.3 is 6.18 Å². The van der Waals surface area contributed by atoms with Crippen LogP contribution >= 0.6 is 0 Å². The van der Waals surface area contributed by atoms with Gasteiger partial charge in [0.1, 0.15) is 11.4 Å². The summed E-state index contributed by atoms with van der Waals surface area (Å²) in [6.07, 6.45) is -5.21. The Morgan fingerprint density at radius 2 is 2.05 bits per heavy atom. The average molecular weight is 310 g/mol. The lowest BCUT2D eigenvalue weighted by molar-refractivity contribution is -0.141. The van der Waals surface area contributed by atoms with Gasteiger partial charge in [0.05, 0.1) is 6.54 Å². The molecular formula is C13H15F5N2O. The monoisotopic (exact) mass is 310 g/mol. The fourth-order valence-corrected chi connectivity index (χ4v) is 2.10. The summed E-state index contributed by atoms with van der Waals surface area (Å²) in [6, 6.07) is 1.69. The number of nitrogens with zero attached hydrogens (tertiary/aromatic N) is 2. The van der Waals surface area contributed by atoms with Crippen LogP contribution in [-0.2, 0) is 6.18 Å². The third-order valence-corrected chi connectivity index (χ3v) is 3.32. The Morgan fingerprint density at radius 3 is 2.57 bits per heavy atom. The van der Waals surface area contributed by atoms with E-state index >= 15 is 0 Å². The Bertz CT molecular complexity index is 504. The van der Waals surface area contributed by atoms with E-state index in [1.807, 2.05) is 0 Å². The van der Waals surface area contributed by atoms with E-state index in [0.717, 1.165) is 12.3 Å². The molecule has 0 amide bonds. The van der Waals surface area contributed by atoms with Crippen LogP contribution in [0.1, 0.15) is 19.5 Å². The standard InChI is InChI=1S/C13H15F5N2O/c1-8(2)20-6-11(12(14,15)7-20)21-9-3-4-19-10(5-9)13(16,17)18/h3-5,8,11H,6-7H2,1-2H3/t11-/m0/s1. The summed E-state index contributed by atoms with van der Waals surface area (Å²) in [6.45, 7) is 3.04. The summed E-state index contributed by atoms with van der Waals surface area (Å²) in [7, 11) is 0. The van der Waals surface area contributed by atoms with Gasteiger partial charge in [0.2, 0.25) is 0 Å². The highest BCUT2D eigenvalue weighted by atomic mass is 19.4. The van der Waals surface area contributed by atoms with Crippen molar-refractivity contribution < 1.29 is 26.7 Å². The van der Waals surface area contributed by atoms with E-state index in [4.69, 9.17) is 4.74 Å². The smallest absolute Gasteiger partial charge is 0.433 e. The van der Waals surface area contributed by atoms with Crippen molar-refractivity contribution in [2.24, 2.45) is 0 Å². The van der Waals surface area contributed by atoms with E-state index in [2.05, 4.69) is 4.98 Å². The Morgan fingerprint density at radius 1 is 1.38 bits per heavy atom. The molecule has 1 aromatic rings. The van der Waals surface area contributed by atoms with Crippen LogP contribution in [-0.4, -0.2) is 41.0 Å². The fraction of sp³-hybridized carbons (Fsp3) is 0.615. The third kappa shape index (κ3) is 3.61. The van der Waals surface area contributed by atoms with E-state index < -0.39 is 30.4 Å². The molecule has 21 heavy (non-hydrogen) atoms. The quantitative estimate of drug-likeness (QED) is 0.802. The van der Waals surface area contributed by atoms with Crippen LogP contribution in [0.5, 0.6) is 5.75 Å². The van der Waals surface area contributed by atoms with Crippen molar-refractivity contribution in [3.05, 3.63) is 24.0 Å². The molecule has 1 aliphatic heterocycles. The van der Waals surface area contributed by atoms with Gasteiger partial charge < -0.3 is 4.74 Å². The minimum atomic E-state index is -4.64. The molecule has 0 spiro atoms.